The first-order chi connectivity index (χ1) is 9.84. The van der Waals surface area contributed by atoms with Gasteiger partial charge in [0.05, 0.1) is 11.5 Å². The molecule has 104 valence electrons. The van der Waals surface area contributed by atoms with Crippen LogP contribution in [-0.4, -0.2) is 39.6 Å². The number of amides is 1. The summed E-state index contributed by atoms with van der Waals surface area (Å²) in [5.74, 6) is 2.06. The molecule has 3 rings (SSSR count). The number of thioether (sulfide) groups is 1. The minimum absolute atomic E-state index is 0.0914. The first-order valence-corrected chi connectivity index (χ1v) is 7.61. The molecule has 1 atom stereocenters. The summed E-state index contributed by atoms with van der Waals surface area (Å²) in [6.45, 7) is 1.43. The summed E-state index contributed by atoms with van der Waals surface area (Å²) in [6, 6.07) is 5.61. The number of furan rings is 1. The molecule has 20 heavy (non-hydrogen) atoms. The molecule has 0 saturated carbocycles. The van der Waals surface area contributed by atoms with Gasteiger partial charge in [-0.2, -0.15) is 0 Å². The molecule has 1 fully saturated rings. The number of aromatic nitrogens is 2. The second-order valence-corrected chi connectivity index (χ2v) is 5.84. The van der Waals surface area contributed by atoms with Gasteiger partial charge >= 0.3 is 0 Å². The van der Waals surface area contributed by atoms with E-state index in [-0.39, 0.29) is 11.7 Å². The van der Waals surface area contributed by atoms with Gasteiger partial charge in [0.2, 0.25) is 5.82 Å². The van der Waals surface area contributed by atoms with E-state index in [2.05, 4.69) is 9.97 Å². The lowest BCUT2D eigenvalue weighted by Gasteiger charge is -2.18. The number of carbonyl (C=O) groups excluding carboxylic acids is 1. The van der Waals surface area contributed by atoms with E-state index in [1.165, 1.54) is 0 Å². The van der Waals surface area contributed by atoms with Gasteiger partial charge in [-0.15, -0.1) is 11.8 Å². The van der Waals surface area contributed by atoms with Crippen molar-refractivity contribution in [2.45, 2.75) is 11.7 Å². The number of nitrogens with zero attached hydrogens (tertiary/aromatic N) is 3. The second kappa shape index (κ2) is 6.09. The summed E-state index contributed by atoms with van der Waals surface area (Å²) < 4.78 is 5.46. The first-order valence-electron chi connectivity index (χ1n) is 6.56. The van der Waals surface area contributed by atoms with Crippen molar-refractivity contribution in [2.75, 3.05) is 18.8 Å². The van der Waals surface area contributed by atoms with Crippen LogP contribution in [0.1, 0.15) is 28.0 Å². The quantitative estimate of drug-likeness (QED) is 0.849. The van der Waals surface area contributed by atoms with Crippen LogP contribution in [0, 0.1) is 0 Å². The lowest BCUT2D eigenvalue weighted by atomic mass is 10.2. The lowest BCUT2D eigenvalue weighted by Crippen LogP contribution is -2.34. The number of rotatable bonds is 2. The Morgan fingerprint density at radius 1 is 1.30 bits per heavy atom. The third-order valence-electron chi connectivity index (χ3n) is 3.25. The summed E-state index contributed by atoms with van der Waals surface area (Å²) in [5.41, 5.74) is 0. The van der Waals surface area contributed by atoms with Gasteiger partial charge in [0, 0.05) is 31.2 Å². The van der Waals surface area contributed by atoms with Gasteiger partial charge in [-0.05, 0) is 24.6 Å². The Bertz CT molecular complexity index is 559. The predicted molar refractivity (Wildman–Crippen MR) is 76.5 cm³/mol. The van der Waals surface area contributed by atoms with Crippen molar-refractivity contribution in [2.24, 2.45) is 0 Å². The number of hydrogen-bond donors (Lipinski definition) is 0. The molecule has 0 radical (unpaired) electrons. The topological polar surface area (TPSA) is 59.2 Å². The van der Waals surface area contributed by atoms with Crippen molar-refractivity contribution in [3.8, 4) is 0 Å². The van der Waals surface area contributed by atoms with Crippen LogP contribution < -0.4 is 0 Å². The van der Waals surface area contributed by atoms with E-state index in [9.17, 15) is 4.79 Å². The van der Waals surface area contributed by atoms with Crippen LogP contribution in [-0.2, 0) is 0 Å². The minimum atomic E-state index is -0.0914. The lowest BCUT2D eigenvalue weighted by molar-refractivity contribution is 0.0753. The molecular weight excluding hydrogens is 274 g/mol. The maximum absolute atomic E-state index is 12.3. The highest BCUT2D eigenvalue weighted by Gasteiger charge is 2.25. The minimum Gasteiger partial charge on any atom is -0.468 e. The fraction of sp³-hybridized carbons (Fsp3) is 0.357. The summed E-state index contributed by atoms with van der Waals surface area (Å²) >= 11 is 1.83. The van der Waals surface area contributed by atoms with Crippen LogP contribution >= 0.6 is 11.8 Å². The molecule has 0 aromatic carbocycles. The van der Waals surface area contributed by atoms with Crippen molar-refractivity contribution in [3.63, 3.8) is 0 Å². The zero-order chi connectivity index (χ0) is 13.8. The zero-order valence-corrected chi connectivity index (χ0v) is 11.8. The van der Waals surface area contributed by atoms with Gasteiger partial charge in [0.15, 0.2) is 0 Å². The Morgan fingerprint density at radius 3 is 2.90 bits per heavy atom. The van der Waals surface area contributed by atoms with E-state index in [4.69, 9.17) is 4.42 Å². The van der Waals surface area contributed by atoms with E-state index >= 15 is 0 Å². The first kappa shape index (κ1) is 13.2. The average molecular weight is 289 g/mol. The molecule has 1 aliphatic heterocycles. The highest BCUT2D eigenvalue weighted by molar-refractivity contribution is 7.99. The molecule has 3 heterocycles. The Kier molecular flexibility index (Phi) is 4.01. The molecule has 5 nitrogen and oxygen atoms in total. The Balaban J connectivity index is 1.67. The van der Waals surface area contributed by atoms with Crippen LogP contribution in [0.15, 0.2) is 41.3 Å². The Hall–Kier alpha value is -1.82. The smallest absolute Gasteiger partial charge is 0.291 e. The van der Waals surface area contributed by atoms with E-state index in [0.29, 0.717) is 11.8 Å². The average Bonchev–Trinajstić information content (AvgIpc) is 2.92. The summed E-state index contributed by atoms with van der Waals surface area (Å²) in [7, 11) is 0. The van der Waals surface area contributed by atoms with Gasteiger partial charge in [0.25, 0.3) is 5.91 Å². The van der Waals surface area contributed by atoms with Crippen LogP contribution in [0.3, 0.4) is 0 Å². The molecule has 1 aliphatic rings. The monoisotopic (exact) mass is 289 g/mol. The summed E-state index contributed by atoms with van der Waals surface area (Å²) in [4.78, 5) is 22.2. The maximum atomic E-state index is 12.3. The van der Waals surface area contributed by atoms with Crippen molar-refractivity contribution < 1.29 is 9.21 Å². The second-order valence-electron chi connectivity index (χ2n) is 4.53. The molecular formula is C14H15N3O2S. The summed E-state index contributed by atoms with van der Waals surface area (Å²) in [5, 5.41) is 0.319. The molecule has 1 unspecified atom stereocenters. The highest BCUT2D eigenvalue weighted by Crippen LogP contribution is 2.34. The van der Waals surface area contributed by atoms with E-state index in [0.717, 1.165) is 24.5 Å². The SMILES string of the molecule is O=C(c1ncccn1)N1CCSC(c2ccco2)CC1. The van der Waals surface area contributed by atoms with Crippen molar-refractivity contribution >= 4 is 17.7 Å². The van der Waals surface area contributed by atoms with E-state index < -0.39 is 0 Å². The van der Waals surface area contributed by atoms with Crippen LogP contribution in [0.25, 0.3) is 0 Å². The largest absolute Gasteiger partial charge is 0.468 e. The van der Waals surface area contributed by atoms with Gasteiger partial charge in [-0.1, -0.05) is 0 Å². The normalized spacial score (nSPS) is 19.6. The molecule has 1 saturated heterocycles. The predicted octanol–water partition coefficient (Wildman–Crippen LogP) is 2.39. The van der Waals surface area contributed by atoms with Crippen LogP contribution in [0.4, 0.5) is 0 Å². The fourth-order valence-electron chi connectivity index (χ4n) is 2.23. The van der Waals surface area contributed by atoms with Gasteiger partial charge < -0.3 is 9.32 Å². The van der Waals surface area contributed by atoms with Crippen LogP contribution in [0.2, 0.25) is 0 Å². The van der Waals surface area contributed by atoms with Crippen molar-refractivity contribution in [1.82, 2.24) is 14.9 Å². The van der Waals surface area contributed by atoms with Gasteiger partial charge in [0.1, 0.15) is 5.76 Å². The molecule has 0 N–H and O–H groups in total. The number of hydrogen-bond acceptors (Lipinski definition) is 5. The Morgan fingerprint density at radius 2 is 2.15 bits per heavy atom. The summed E-state index contributed by atoms with van der Waals surface area (Å²) in [6.07, 6.45) is 5.77. The molecule has 0 spiro atoms. The zero-order valence-electron chi connectivity index (χ0n) is 10.9. The molecule has 1 amide bonds. The van der Waals surface area contributed by atoms with Crippen molar-refractivity contribution in [3.05, 3.63) is 48.4 Å². The Labute approximate surface area is 121 Å². The van der Waals surface area contributed by atoms with Gasteiger partial charge in [-0.25, -0.2) is 9.97 Å². The third-order valence-corrected chi connectivity index (χ3v) is 4.53. The van der Waals surface area contributed by atoms with Crippen molar-refractivity contribution in [1.29, 1.82) is 0 Å². The molecule has 0 aliphatic carbocycles. The molecule has 6 heteroatoms. The number of carbonyl (C=O) groups is 1. The maximum Gasteiger partial charge on any atom is 0.291 e. The molecule has 2 aromatic heterocycles. The van der Waals surface area contributed by atoms with Gasteiger partial charge in [-0.3, -0.25) is 4.79 Å². The van der Waals surface area contributed by atoms with E-state index in [1.807, 2.05) is 28.8 Å². The highest BCUT2D eigenvalue weighted by atomic mass is 32.2. The fourth-order valence-corrected chi connectivity index (χ4v) is 3.41. The molecule has 2 aromatic rings. The van der Waals surface area contributed by atoms with E-state index in [1.54, 1.807) is 24.7 Å². The molecule has 0 bridgehead atoms. The third kappa shape index (κ3) is 2.85. The van der Waals surface area contributed by atoms with Crippen LogP contribution in [0.5, 0.6) is 0 Å². The standard InChI is InChI=1S/C14H15N3O2S/c18-14(13-15-5-2-6-16-13)17-7-4-12(20-10-8-17)11-3-1-9-19-11/h1-3,5-6,9,12H,4,7-8,10H2.